The van der Waals surface area contributed by atoms with E-state index in [0.717, 1.165) is 31.6 Å². The van der Waals surface area contributed by atoms with Crippen LogP contribution >= 0.6 is 0 Å². The number of oxazole rings is 1. The Balaban J connectivity index is 1.56. The molecule has 14 heteroatoms. The van der Waals surface area contributed by atoms with Gasteiger partial charge in [0.05, 0.1) is 12.2 Å². The van der Waals surface area contributed by atoms with Gasteiger partial charge in [-0.1, -0.05) is 0 Å². The first-order chi connectivity index (χ1) is 16.5. The molecule has 1 N–H and O–H groups in total. The Morgan fingerprint density at radius 1 is 1.06 bits per heavy atom. The van der Waals surface area contributed by atoms with E-state index < -0.39 is 41.5 Å². The number of anilines is 1. The molecule has 0 aromatic carbocycles. The highest BCUT2D eigenvalue weighted by molar-refractivity contribution is 5.61. The summed E-state index contributed by atoms with van der Waals surface area (Å²) in [6, 6.07) is 1.65. The third-order valence-corrected chi connectivity index (χ3v) is 4.85. The van der Waals surface area contributed by atoms with Gasteiger partial charge in [0.1, 0.15) is 29.6 Å². The smallest absolute Gasteiger partial charge is 0.416 e. The van der Waals surface area contributed by atoms with Crippen molar-refractivity contribution in [1.82, 2.24) is 29.5 Å². The number of nitrogens with zero attached hydrogens (tertiary/aromatic N) is 6. The number of halogens is 5. The van der Waals surface area contributed by atoms with E-state index in [-0.39, 0.29) is 23.0 Å². The van der Waals surface area contributed by atoms with Gasteiger partial charge in [-0.05, 0) is 31.5 Å². The van der Waals surface area contributed by atoms with Crippen molar-refractivity contribution in [2.45, 2.75) is 32.2 Å². The summed E-state index contributed by atoms with van der Waals surface area (Å²) in [7, 11) is 0. The quantitative estimate of drug-likeness (QED) is 0.393. The van der Waals surface area contributed by atoms with Crippen molar-refractivity contribution in [1.29, 1.82) is 0 Å². The van der Waals surface area contributed by atoms with Gasteiger partial charge in [0.2, 0.25) is 5.95 Å². The average molecular weight is 493 g/mol. The zero-order valence-corrected chi connectivity index (χ0v) is 18.1. The largest absolute Gasteiger partial charge is 0.433 e. The van der Waals surface area contributed by atoms with E-state index >= 15 is 0 Å². The standard InChI is InChI=1S/C21H16F5N7O2/c1-10(22)15-9-35-20(34)33(15)18-14(23)8-30-19(32-18)31-11(2)17-28-6-13(7-29-17)12-3-4-27-16(5-12)21(24,25)26/h3-11H,1-2H3,(H,30,31,32)/t10-,11-/m0/s1. The van der Waals surface area contributed by atoms with Crippen molar-refractivity contribution in [3.05, 3.63) is 76.8 Å². The Morgan fingerprint density at radius 3 is 2.43 bits per heavy atom. The van der Waals surface area contributed by atoms with Gasteiger partial charge in [-0.25, -0.2) is 33.1 Å². The van der Waals surface area contributed by atoms with Crippen molar-refractivity contribution >= 4 is 5.95 Å². The number of rotatable bonds is 6. The van der Waals surface area contributed by atoms with Gasteiger partial charge < -0.3 is 9.73 Å². The van der Waals surface area contributed by atoms with Gasteiger partial charge in [0.15, 0.2) is 11.6 Å². The van der Waals surface area contributed by atoms with Gasteiger partial charge in [0, 0.05) is 24.2 Å². The highest BCUT2D eigenvalue weighted by Crippen LogP contribution is 2.30. The predicted octanol–water partition coefficient (Wildman–Crippen LogP) is 4.43. The lowest BCUT2D eigenvalue weighted by atomic mass is 10.1. The minimum absolute atomic E-state index is 0.115. The fourth-order valence-electron chi connectivity index (χ4n) is 3.12. The highest BCUT2D eigenvalue weighted by atomic mass is 19.4. The third kappa shape index (κ3) is 5.00. The summed E-state index contributed by atoms with van der Waals surface area (Å²) in [5.74, 6) is -2.40. The number of pyridine rings is 1. The van der Waals surface area contributed by atoms with E-state index in [4.69, 9.17) is 0 Å². The minimum atomic E-state index is -4.59. The summed E-state index contributed by atoms with van der Waals surface area (Å²) in [6.07, 6.45) is -0.825. The van der Waals surface area contributed by atoms with Crippen molar-refractivity contribution in [3.63, 3.8) is 0 Å². The normalized spacial score (nSPS) is 13.5. The maximum Gasteiger partial charge on any atom is 0.433 e. The molecule has 0 aliphatic carbocycles. The zero-order chi connectivity index (χ0) is 25.3. The van der Waals surface area contributed by atoms with Gasteiger partial charge in [-0.2, -0.15) is 18.2 Å². The van der Waals surface area contributed by atoms with Crippen LogP contribution in [0.5, 0.6) is 0 Å². The molecule has 0 spiro atoms. The highest BCUT2D eigenvalue weighted by Gasteiger charge is 2.32. The van der Waals surface area contributed by atoms with Crippen LogP contribution < -0.4 is 11.1 Å². The van der Waals surface area contributed by atoms with Crippen molar-refractivity contribution in [2.24, 2.45) is 0 Å². The topological polar surface area (TPSA) is 112 Å². The number of nitrogens with one attached hydrogen (secondary N) is 1. The third-order valence-electron chi connectivity index (χ3n) is 4.85. The average Bonchev–Trinajstić information content (AvgIpc) is 3.21. The van der Waals surface area contributed by atoms with Crippen LogP contribution in [0.3, 0.4) is 0 Å². The first-order valence-corrected chi connectivity index (χ1v) is 10.0. The molecule has 182 valence electrons. The lowest BCUT2D eigenvalue weighted by Gasteiger charge is -2.14. The van der Waals surface area contributed by atoms with Crippen LogP contribution in [0.4, 0.5) is 27.9 Å². The van der Waals surface area contributed by atoms with Crippen LogP contribution in [0.2, 0.25) is 0 Å². The minimum Gasteiger partial charge on any atom is -0.416 e. The maximum atomic E-state index is 14.3. The number of hydrogen-bond acceptors (Lipinski definition) is 8. The Hall–Kier alpha value is -4.23. The summed E-state index contributed by atoms with van der Waals surface area (Å²) in [6.45, 7) is 2.78. The predicted molar refractivity (Wildman–Crippen MR) is 112 cm³/mol. The second-order valence-electron chi connectivity index (χ2n) is 7.37. The van der Waals surface area contributed by atoms with Gasteiger partial charge in [-0.3, -0.25) is 4.98 Å². The lowest BCUT2D eigenvalue weighted by Crippen LogP contribution is -2.20. The van der Waals surface area contributed by atoms with Crippen LogP contribution in [0.25, 0.3) is 16.9 Å². The van der Waals surface area contributed by atoms with Crippen molar-refractivity contribution in [3.8, 4) is 16.9 Å². The van der Waals surface area contributed by atoms with E-state index in [1.165, 1.54) is 18.5 Å². The Labute approximate surface area is 193 Å². The summed E-state index contributed by atoms with van der Waals surface area (Å²) in [4.78, 5) is 31.4. The second kappa shape index (κ2) is 9.19. The van der Waals surface area contributed by atoms with Crippen LogP contribution in [0.1, 0.15) is 43.3 Å². The molecule has 4 heterocycles. The zero-order valence-electron chi connectivity index (χ0n) is 18.1. The monoisotopic (exact) mass is 493 g/mol. The molecule has 9 nitrogen and oxygen atoms in total. The Morgan fingerprint density at radius 2 is 1.77 bits per heavy atom. The number of alkyl halides is 4. The molecular weight excluding hydrogens is 477 g/mol. The molecule has 0 amide bonds. The fourth-order valence-corrected chi connectivity index (χ4v) is 3.12. The summed E-state index contributed by atoms with van der Waals surface area (Å²) < 4.78 is 72.2. The molecule has 0 aliphatic heterocycles. The molecule has 2 atom stereocenters. The van der Waals surface area contributed by atoms with E-state index in [1.807, 2.05) is 0 Å². The molecule has 0 saturated carbocycles. The van der Waals surface area contributed by atoms with Crippen LogP contribution in [-0.2, 0) is 6.18 Å². The summed E-state index contributed by atoms with van der Waals surface area (Å²) >= 11 is 0. The first-order valence-electron chi connectivity index (χ1n) is 10.0. The van der Waals surface area contributed by atoms with E-state index in [0.29, 0.717) is 10.1 Å². The molecule has 0 aliphatic rings. The second-order valence-corrected chi connectivity index (χ2v) is 7.37. The molecule has 0 radical (unpaired) electrons. The Bertz CT molecular complexity index is 1400. The van der Waals surface area contributed by atoms with Gasteiger partial charge in [0.25, 0.3) is 0 Å². The summed E-state index contributed by atoms with van der Waals surface area (Å²) in [5.41, 5.74) is -0.702. The first kappa shape index (κ1) is 23.9. The van der Waals surface area contributed by atoms with E-state index in [1.54, 1.807) is 6.92 Å². The molecule has 4 rings (SSSR count). The maximum absolute atomic E-state index is 14.3. The summed E-state index contributed by atoms with van der Waals surface area (Å²) in [5, 5.41) is 2.83. The van der Waals surface area contributed by atoms with Crippen molar-refractivity contribution < 1.29 is 26.4 Å². The lowest BCUT2D eigenvalue weighted by molar-refractivity contribution is -0.141. The van der Waals surface area contributed by atoms with Crippen molar-refractivity contribution in [2.75, 3.05) is 5.32 Å². The number of hydrogen-bond donors (Lipinski definition) is 1. The molecule has 4 aromatic heterocycles. The molecule has 0 saturated heterocycles. The van der Waals surface area contributed by atoms with Gasteiger partial charge >= 0.3 is 11.9 Å². The van der Waals surface area contributed by atoms with Crippen LogP contribution in [-0.4, -0.2) is 29.5 Å². The van der Waals surface area contributed by atoms with E-state index in [9.17, 15) is 26.7 Å². The molecule has 35 heavy (non-hydrogen) atoms. The van der Waals surface area contributed by atoms with Gasteiger partial charge in [-0.15, -0.1) is 0 Å². The molecule has 0 unspecified atom stereocenters. The van der Waals surface area contributed by atoms with Crippen LogP contribution in [0, 0.1) is 5.82 Å². The number of aromatic nitrogens is 6. The molecule has 0 bridgehead atoms. The molecular formula is C21H16F5N7O2. The van der Waals surface area contributed by atoms with E-state index in [2.05, 4.69) is 34.7 Å². The molecule has 4 aromatic rings. The molecule has 0 fully saturated rings. The fraction of sp³-hybridized carbons (Fsp3) is 0.238. The van der Waals surface area contributed by atoms with Crippen LogP contribution in [0.15, 0.2) is 52.4 Å². The Kier molecular flexibility index (Phi) is 6.28. The SMILES string of the molecule is C[C@H](F)c1coc(=O)n1-c1nc(N[C@@H](C)c2ncc(-c3ccnc(C(F)(F)F)c3)cn2)ncc1F.